The van der Waals surface area contributed by atoms with E-state index in [1.54, 1.807) is 0 Å². The third-order valence-corrected chi connectivity index (χ3v) is 7.97. The van der Waals surface area contributed by atoms with Gasteiger partial charge in [-0.2, -0.15) is 0 Å². The van der Waals surface area contributed by atoms with E-state index in [2.05, 4.69) is 138 Å². The molecular formula is C39H25NO. The van der Waals surface area contributed by atoms with Crippen molar-refractivity contribution >= 4 is 43.1 Å². The first-order chi connectivity index (χ1) is 20.3. The van der Waals surface area contributed by atoms with Crippen LogP contribution in [0.25, 0.3) is 65.3 Å². The fourth-order valence-corrected chi connectivity index (χ4v) is 6.05. The van der Waals surface area contributed by atoms with Crippen LogP contribution in [0.1, 0.15) is 0 Å². The molecule has 2 heteroatoms. The second-order valence-corrected chi connectivity index (χ2v) is 10.4. The molecule has 8 aromatic rings. The van der Waals surface area contributed by atoms with Gasteiger partial charge in [0, 0.05) is 28.6 Å². The zero-order valence-electron chi connectivity index (χ0n) is 22.3. The van der Waals surface area contributed by atoms with Crippen molar-refractivity contribution in [2.75, 3.05) is 0 Å². The Balaban J connectivity index is 1.32. The van der Waals surface area contributed by atoms with Gasteiger partial charge in [-0.3, -0.25) is 4.98 Å². The standard InChI is InChI=1S/C39H25NO/c1-2-11-28-23-30(20-19-26(28)9-1)29-13-7-14-31(24-29)41-39-35-17-6-5-16-34(35)38(37-25-40-22-21-36(37)39)33-18-8-12-27-10-3-4-15-32(27)33/h1-25H. The second-order valence-electron chi connectivity index (χ2n) is 10.4. The Bertz CT molecular complexity index is 2190. The van der Waals surface area contributed by atoms with Crippen molar-refractivity contribution in [3.8, 4) is 33.8 Å². The highest BCUT2D eigenvalue weighted by Crippen LogP contribution is 2.46. The maximum absolute atomic E-state index is 6.81. The minimum atomic E-state index is 0.803. The molecule has 0 bridgehead atoms. The average molecular weight is 524 g/mol. The van der Waals surface area contributed by atoms with Crippen molar-refractivity contribution in [2.45, 2.75) is 0 Å². The molecule has 41 heavy (non-hydrogen) atoms. The monoisotopic (exact) mass is 523 g/mol. The summed E-state index contributed by atoms with van der Waals surface area (Å²) in [5.74, 6) is 1.65. The Labute approximate surface area is 238 Å². The molecular weight excluding hydrogens is 498 g/mol. The number of ether oxygens (including phenoxy) is 1. The minimum Gasteiger partial charge on any atom is -0.456 e. The Hall–Kier alpha value is -5.47. The average Bonchev–Trinajstić information content (AvgIpc) is 3.04. The van der Waals surface area contributed by atoms with Crippen LogP contribution in [0.5, 0.6) is 11.5 Å². The fourth-order valence-electron chi connectivity index (χ4n) is 6.05. The lowest BCUT2D eigenvalue weighted by Gasteiger charge is -2.18. The molecule has 0 spiro atoms. The maximum Gasteiger partial charge on any atom is 0.143 e. The highest BCUT2D eigenvalue weighted by molar-refractivity contribution is 6.19. The van der Waals surface area contributed by atoms with Gasteiger partial charge in [0.25, 0.3) is 0 Å². The summed E-state index contributed by atoms with van der Waals surface area (Å²) in [6.07, 6.45) is 3.82. The van der Waals surface area contributed by atoms with Crippen molar-refractivity contribution in [3.63, 3.8) is 0 Å². The molecule has 0 atom stereocenters. The van der Waals surface area contributed by atoms with Gasteiger partial charge in [0.15, 0.2) is 0 Å². The van der Waals surface area contributed by atoms with E-state index in [0.717, 1.165) is 38.6 Å². The Kier molecular flexibility index (Phi) is 5.49. The highest BCUT2D eigenvalue weighted by atomic mass is 16.5. The molecule has 0 aliphatic rings. The first-order valence-electron chi connectivity index (χ1n) is 13.9. The van der Waals surface area contributed by atoms with E-state index in [0.29, 0.717) is 0 Å². The third kappa shape index (κ3) is 4.00. The van der Waals surface area contributed by atoms with Crippen LogP contribution in [0.2, 0.25) is 0 Å². The lowest BCUT2D eigenvalue weighted by atomic mass is 9.89. The summed E-state index contributed by atoms with van der Waals surface area (Å²) in [5.41, 5.74) is 4.66. The number of pyridine rings is 1. The van der Waals surface area contributed by atoms with Gasteiger partial charge in [0.2, 0.25) is 0 Å². The molecule has 192 valence electrons. The molecule has 0 saturated carbocycles. The van der Waals surface area contributed by atoms with Crippen molar-refractivity contribution in [2.24, 2.45) is 0 Å². The van der Waals surface area contributed by atoms with E-state index in [1.165, 1.54) is 38.2 Å². The largest absolute Gasteiger partial charge is 0.456 e. The molecule has 0 aliphatic heterocycles. The van der Waals surface area contributed by atoms with Gasteiger partial charge >= 0.3 is 0 Å². The topological polar surface area (TPSA) is 22.1 Å². The van der Waals surface area contributed by atoms with Crippen LogP contribution in [0.3, 0.4) is 0 Å². The van der Waals surface area contributed by atoms with E-state index in [9.17, 15) is 0 Å². The summed E-state index contributed by atoms with van der Waals surface area (Å²) in [5, 5.41) is 9.24. The predicted octanol–water partition coefficient (Wildman–Crippen LogP) is 10.8. The molecule has 2 nitrogen and oxygen atoms in total. The summed E-state index contributed by atoms with van der Waals surface area (Å²) >= 11 is 0. The highest BCUT2D eigenvalue weighted by Gasteiger charge is 2.18. The van der Waals surface area contributed by atoms with Crippen LogP contribution >= 0.6 is 0 Å². The molecule has 0 unspecified atom stereocenters. The van der Waals surface area contributed by atoms with Crippen LogP contribution in [0.15, 0.2) is 152 Å². The number of rotatable bonds is 4. The van der Waals surface area contributed by atoms with Crippen LogP contribution in [0.4, 0.5) is 0 Å². The fraction of sp³-hybridized carbons (Fsp3) is 0. The lowest BCUT2D eigenvalue weighted by Crippen LogP contribution is -1.93. The molecule has 1 aromatic heterocycles. The van der Waals surface area contributed by atoms with Crippen LogP contribution in [0, 0.1) is 0 Å². The SMILES string of the molecule is c1cc(Oc2c3ccccc3c(-c3cccc4ccccc34)c3cnccc23)cc(-c2ccc3ccccc3c2)c1. The molecule has 0 saturated heterocycles. The van der Waals surface area contributed by atoms with Crippen molar-refractivity contribution in [3.05, 3.63) is 152 Å². The smallest absolute Gasteiger partial charge is 0.143 e. The summed E-state index contributed by atoms with van der Waals surface area (Å²) in [4.78, 5) is 4.56. The van der Waals surface area contributed by atoms with Crippen LogP contribution in [-0.4, -0.2) is 4.98 Å². The number of nitrogens with zero attached hydrogens (tertiary/aromatic N) is 1. The summed E-state index contributed by atoms with van der Waals surface area (Å²) in [6, 6.07) is 49.1. The van der Waals surface area contributed by atoms with Crippen molar-refractivity contribution in [1.82, 2.24) is 4.98 Å². The molecule has 0 aliphatic carbocycles. The van der Waals surface area contributed by atoms with Crippen LogP contribution in [-0.2, 0) is 0 Å². The zero-order valence-corrected chi connectivity index (χ0v) is 22.3. The van der Waals surface area contributed by atoms with Crippen LogP contribution < -0.4 is 4.74 Å². The second kappa shape index (κ2) is 9.62. The quantitative estimate of drug-likeness (QED) is 0.214. The molecule has 0 radical (unpaired) electrons. The van der Waals surface area contributed by atoms with Gasteiger partial charge in [0.05, 0.1) is 0 Å². The van der Waals surface area contributed by atoms with E-state index in [1.807, 2.05) is 18.5 Å². The van der Waals surface area contributed by atoms with Gasteiger partial charge in [-0.25, -0.2) is 0 Å². The number of hydrogen-bond donors (Lipinski definition) is 0. The first-order valence-corrected chi connectivity index (χ1v) is 13.9. The van der Waals surface area contributed by atoms with Crippen molar-refractivity contribution < 1.29 is 4.74 Å². The Morgan fingerprint density at radius 2 is 1.12 bits per heavy atom. The number of aromatic nitrogens is 1. The molecule has 8 rings (SSSR count). The number of fused-ring (bicyclic) bond motifs is 4. The van der Waals surface area contributed by atoms with Gasteiger partial charge in [-0.15, -0.1) is 0 Å². The van der Waals surface area contributed by atoms with Gasteiger partial charge < -0.3 is 4.74 Å². The summed E-state index contributed by atoms with van der Waals surface area (Å²) in [6.45, 7) is 0. The van der Waals surface area contributed by atoms with Crippen molar-refractivity contribution in [1.29, 1.82) is 0 Å². The summed E-state index contributed by atoms with van der Waals surface area (Å²) in [7, 11) is 0. The Morgan fingerprint density at radius 3 is 2.02 bits per heavy atom. The minimum absolute atomic E-state index is 0.803. The Morgan fingerprint density at radius 1 is 0.439 bits per heavy atom. The third-order valence-electron chi connectivity index (χ3n) is 7.97. The van der Waals surface area contributed by atoms with E-state index >= 15 is 0 Å². The van der Waals surface area contributed by atoms with Gasteiger partial charge in [-0.1, -0.05) is 115 Å². The maximum atomic E-state index is 6.81. The molecule has 0 fully saturated rings. The number of hydrogen-bond acceptors (Lipinski definition) is 2. The molecule has 0 amide bonds. The number of benzene rings is 7. The predicted molar refractivity (Wildman–Crippen MR) is 172 cm³/mol. The molecule has 1 heterocycles. The normalized spacial score (nSPS) is 11.4. The molecule has 7 aromatic carbocycles. The van der Waals surface area contributed by atoms with E-state index in [4.69, 9.17) is 4.74 Å². The van der Waals surface area contributed by atoms with E-state index in [-0.39, 0.29) is 0 Å². The van der Waals surface area contributed by atoms with Gasteiger partial charge in [0.1, 0.15) is 11.5 Å². The summed E-state index contributed by atoms with van der Waals surface area (Å²) < 4.78 is 6.81. The lowest BCUT2D eigenvalue weighted by molar-refractivity contribution is 0.494. The zero-order chi connectivity index (χ0) is 27.2. The first kappa shape index (κ1) is 23.4. The van der Waals surface area contributed by atoms with Gasteiger partial charge in [-0.05, 0) is 73.5 Å². The molecule has 0 N–H and O–H groups in total. The van der Waals surface area contributed by atoms with E-state index < -0.39 is 0 Å².